The summed E-state index contributed by atoms with van der Waals surface area (Å²) < 4.78 is 0. The first-order chi connectivity index (χ1) is 23.7. The summed E-state index contributed by atoms with van der Waals surface area (Å²) in [6.07, 6.45) is 5.19. The number of likely N-dealkylation sites (tertiary alicyclic amines) is 4. The van der Waals surface area contributed by atoms with Gasteiger partial charge >= 0.3 is 0 Å². The number of rotatable bonds is 16. The normalized spacial score (nSPS) is 23.3. The molecule has 0 aromatic heterocycles. The zero-order valence-electron chi connectivity index (χ0n) is 27.9. The van der Waals surface area contributed by atoms with Gasteiger partial charge in [0.25, 0.3) is 0 Å². The number of hydrogen-bond donors (Lipinski definition) is 2. The Balaban J connectivity index is 1.39. The van der Waals surface area contributed by atoms with E-state index in [0.29, 0.717) is 103 Å². The van der Waals surface area contributed by atoms with Crippen LogP contribution in [0.5, 0.6) is 0 Å². The van der Waals surface area contributed by atoms with Crippen molar-refractivity contribution in [1.29, 1.82) is 0 Å². The van der Waals surface area contributed by atoms with Crippen molar-refractivity contribution in [2.75, 3.05) is 65.4 Å². The highest BCUT2D eigenvalue weighted by molar-refractivity contribution is 5.97. The van der Waals surface area contributed by atoms with Crippen molar-refractivity contribution in [1.82, 2.24) is 29.8 Å². The van der Waals surface area contributed by atoms with Gasteiger partial charge in [-0.15, -0.1) is 0 Å². The van der Waals surface area contributed by atoms with E-state index in [1.165, 1.54) is 9.80 Å². The van der Waals surface area contributed by atoms with Gasteiger partial charge in [0.2, 0.25) is 35.4 Å². The van der Waals surface area contributed by atoms with E-state index in [0.717, 1.165) is 0 Å². The van der Waals surface area contributed by atoms with Gasteiger partial charge in [-0.1, -0.05) is 10.2 Å². The van der Waals surface area contributed by atoms with Crippen LogP contribution in [0.1, 0.15) is 64.2 Å². The predicted molar refractivity (Wildman–Crippen MR) is 175 cm³/mol. The quantitative estimate of drug-likeness (QED) is 0.0990. The smallest absolute Gasteiger partial charge is 0.246 e. The molecule has 4 aliphatic rings. The van der Waals surface area contributed by atoms with Crippen LogP contribution in [-0.4, -0.2) is 150 Å². The molecule has 4 aliphatic heterocycles. The molecule has 4 saturated heterocycles. The van der Waals surface area contributed by atoms with Gasteiger partial charge in [-0.2, -0.15) is 0 Å². The molecule has 0 aliphatic carbocycles. The summed E-state index contributed by atoms with van der Waals surface area (Å²) in [5.41, 5.74) is 22.3. The standard InChI is InChI=1S/C30H47N13O6/c31-25(44)20-39(14-6-13-36-38-33)27(46)21-7-2-16-41(21)29(48)23-9-4-18-43(23)30(49)24-10-3-17-42(24)28(47)22-8-1-15-40(22)26(45)19-34-11-5-12-35-37-32/h21-24,34H,1-20H2,(H2,31,44)/t21-,22?,23?,24-/m0/s1. The fourth-order valence-corrected chi connectivity index (χ4v) is 7.42. The Morgan fingerprint density at radius 2 is 1.14 bits per heavy atom. The van der Waals surface area contributed by atoms with Gasteiger partial charge in [0.1, 0.15) is 24.2 Å². The van der Waals surface area contributed by atoms with Gasteiger partial charge in [0.15, 0.2) is 0 Å². The molecule has 0 radical (unpaired) electrons. The molecule has 268 valence electrons. The third-order valence-corrected chi connectivity index (χ3v) is 9.68. The topological polar surface area (TPSA) is 254 Å². The summed E-state index contributed by atoms with van der Waals surface area (Å²) in [6.45, 7) is 2.34. The van der Waals surface area contributed by atoms with Crippen molar-refractivity contribution < 1.29 is 28.8 Å². The molecular formula is C30H47N13O6. The number of nitrogens with one attached hydrogen (secondary N) is 1. The highest BCUT2D eigenvalue weighted by Crippen LogP contribution is 2.30. The Bertz CT molecular complexity index is 1350. The monoisotopic (exact) mass is 685 g/mol. The number of nitrogens with zero attached hydrogens (tertiary/aromatic N) is 11. The van der Waals surface area contributed by atoms with Gasteiger partial charge < -0.3 is 35.6 Å². The molecule has 4 fully saturated rings. The molecule has 0 saturated carbocycles. The van der Waals surface area contributed by atoms with Crippen molar-refractivity contribution in [3.05, 3.63) is 20.9 Å². The van der Waals surface area contributed by atoms with Gasteiger partial charge in [-0.25, -0.2) is 0 Å². The molecule has 0 spiro atoms. The molecule has 4 atom stereocenters. The molecule has 3 N–H and O–H groups in total. The summed E-state index contributed by atoms with van der Waals surface area (Å²) in [7, 11) is 0. The van der Waals surface area contributed by atoms with Crippen LogP contribution in [0.2, 0.25) is 0 Å². The van der Waals surface area contributed by atoms with E-state index in [2.05, 4.69) is 25.4 Å². The minimum atomic E-state index is -0.806. The minimum absolute atomic E-state index is 0.0516. The Morgan fingerprint density at radius 1 is 0.694 bits per heavy atom. The summed E-state index contributed by atoms with van der Waals surface area (Å²) in [5.74, 6) is -2.19. The highest BCUT2D eigenvalue weighted by atomic mass is 16.2. The van der Waals surface area contributed by atoms with E-state index in [-0.39, 0.29) is 49.8 Å². The van der Waals surface area contributed by atoms with Crippen LogP contribution in [0.4, 0.5) is 0 Å². The van der Waals surface area contributed by atoms with E-state index >= 15 is 0 Å². The van der Waals surface area contributed by atoms with Crippen molar-refractivity contribution in [2.45, 2.75) is 88.4 Å². The first-order valence-corrected chi connectivity index (χ1v) is 17.2. The lowest BCUT2D eigenvalue weighted by molar-refractivity contribution is -0.153. The summed E-state index contributed by atoms with van der Waals surface area (Å²) in [5, 5.41) is 9.98. The molecule has 0 aromatic rings. The lowest BCUT2D eigenvalue weighted by Gasteiger charge is -2.36. The van der Waals surface area contributed by atoms with Crippen LogP contribution >= 0.6 is 0 Å². The van der Waals surface area contributed by atoms with Crippen LogP contribution in [0, 0.1) is 0 Å². The van der Waals surface area contributed by atoms with E-state index in [9.17, 15) is 28.8 Å². The second-order valence-electron chi connectivity index (χ2n) is 12.8. The minimum Gasteiger partial charge on any atom is -0.368 e. The highest BCUT2D eigenvalue weighted by Gasteiger charge is 2.47. The Hall–Kier alpha value is -4.60. The molecule has 49 heavy (non-hydrogen) atoms. The molecule has 6 amide bonds. The first kappa shape index (κ1) is 37.2. The van der Waals surface area contributed by atoms with E-state index in [1.54, 1.807) is 14.7 Å². The maximum absolute atomic E-state index is 14.1. The molecular weight excluding hydrogens is 638 g/mol. The average molecular weight is 686 g/mol. The molecule has 0 aromatic carbocycles. The molecule has 4 heterocycles. The Kier molecular flexibility index (Phi) is 13.9. The number of nitrogens with two attached hydrogens (primary N) is 1. The van der Waals surface area contributed by atoms with Gasteiger partial charge in [-0.3, -0.25) is 28.8 Å². The summed E-state index contributed by atoms with van der Waals surface area (Å²) >= 11 is 0. The Morgan fingerprint density at radius 3 is 1.65 bits per heavy atom. The fourth-order valence-electron chi connectivity index (χ4n) is 7.42. The third kappa shape index (κ3) is 9.31. The number of carbonyl (C=O) groups excluding carboxylic acids is 6. The summed E-state index contributed by atoms with van der Waals surface area (Å²) in [6, 6.07) is -2.98. The zero-order valence-corrected chi connectivity index (χ0v) is 27.9. The number of azide groups is 2. The van der Waals surface area contributed by atoms with Crippen LogP contribution in [0.3, 0.4) is 0 Å². The molecule has 2 unspecified atom stereocenters. The largest absolute Gasteiger partial charge is 0.368 e. The number of carbonyl (C=O) groups is 6. The van der Waals surface area contributed by atoms with E-state index < -0.39 is 36.0 Å². The lowest BCUT2D eigenvalue weighted by Crippen LogP contribution is -2.58. The van der Waals surface area contributed by atoms with Crippen LogP contribution in [0.15, 0.2) is 10.2 Å². The lowest BCUT2D eigenvalue weighted by atomic mass is 10.1. The van der Waals surface area contributed by atoms with Crippen molar-refractivity contribution >= 4 is 35.4 Å². The number of amides is 6. The Labute approximate surface area is 284 Å². The van der Waals surface area contributed by atoms with Crippen LogP contribution < -0.4 is 11.1 Å². The van der Waals surface area contributed by atoms with E-state index in [4.69, 9.17) is 16.8 Å². The van der Waals surface area contributed by atoms with Crippen molar-refractivity contribution in [3.8, 4) is 0 Å². The van der Waals surface area contributed by atoms with Crippen molar-refractivity contribution in [2.24, 2.45) is 16.0 Å². The predicted octanol–water partition coefficient (Wildman–Crippen LogP) is 0.255. The average Bonchev–Trinajstić information content (AvgIpc) is 3.92. The number of primary amides is 1. The van der Waals surface area contributed by atoms with E-state index in [1.807, 2.05) is 0 Å². The summed E-state index contributed by atoms with van der Waals surface area (Å²) in [4.78, 5) is 93.2. The maximum Gasteiger partial charge on any atom is 0.246 e. The van der Waals surface area contributed by atoms with Crippen LogP contribution in [-0.2, 0) is 28.8 Å². The van der Waals surface area contributed by atoms with Gasteiger partial charge in [0, 0.05) is 55.6 Å². The number of hydrogen-bond acceptors (Lipinski definition) is 9. The molecule has 19 heteroatoms. The van der Waals surface area contributed by atoms with Crippen LogP contribution in [0.25, 0.3) is 20.9 Å². The molecule has 19 nitrogen and oxygen atoms in total. The maximum atomic E-state index is 14.1. The van der Waals surface area contributed by atoms with Crippen molar-refractivity contribution in [3.63, 3.8) is 0 Å². The SMILES string of the molecule is [N-]=[N+]=NCCCNCC(=O)N1CCCC1C(=O)N1CCC[C@H]1C(=O)N1CCCC1C(=O)N1CCC[C@H]1C(=O)N(CCCN=[N+]=[N-])CC(N)=O. The first-order valence-electron chi connectivity index (χ1n) is 17.2. The molecule has 0 bridgehead atoms. The van der Waals surface area contributed by atoms with Gasteiger partial charge in [-0.05, 0) is 81.8 Å². The molecule has 4 rings (SSSR count). The fraction of sp³-hybridized carbons (Fsp3) is 0.800. The second kappa shape index (κ2) is 18.2. The zero-order chi connectivity index (χ0) is 35.3. The second-order valence-corrected chi connectivity index (χ2v) is 12.8. The third-order valence-electron chi connectivity index (χ3n) is 9.68. The van der Waals surface area contributed by atoms with Gasteiger partial charge in [0.05, 0.1) is 13.1 Å².